The Bertz CT molecular complexity index is 1480. The number of carbonyl (C=O) groups excluding carboxylic acids is 2. The Balaban J connectivity index is 1.40. The third-order valence-corrected chi connectivity index (χ3v) is 6.37. The number of aromatic amines is 1. The van der Waals surface area contributed by atoms with Crippen molar-refractivity contribution in [2.45, 2.75) is 31.3 Å². The Morgan fingerprint density at radius 3 is 2.57 bits per heavy atom. The fraction of sp³-hybridized carbons (Fsp3) is 0.174. The molecular formula is C23H22N6O5S. The molecule has 0 bridgehead atoms. The first kappa shape index (κ1) is 23.8. The van der Waals surface area contributed by atoms with Crippen LogP contribution in [0.4, 0.5) is 11.6 Å². The van der Waals surface area contributed by atoms with Crippen LogP contribution >= 0.6 is 0 Å². The molecule has 12 heteroatoms. The average molecular weight is 495 g/mol. The number of aromatic nitrogens is 4. The molecule has 0 fully saturated rings. The third kappa shape index (κ3) is 5.61. The fourth-order valence-corrected chi connectivity index (χ4v) is 4.15. The summed E-state index contributed by atoms with van der Waals surface area (Å²) in [5, 5.41) is 2.64. The number of amides is 1. The van der Waals surface area contributed by atoms with Crippen molar-refractivity contribution in [1.29, 1.82) is 0 Å². The molecule has 2 aromatic carbocycles. The highest BCUT2D eigenvalue weighted by Gasteiger charge is 2.23. The van der Waals surface area contributed by atoms with Crippen LogP contribution in [0, 0.1) is 6.92 Å². The Morgan fingerprint density at radius 1 is 1.09 bits per heavy atom. The molecule has 4 rings (SSSR count). The van der Waals surface area contributed by atoms with Crippen LogP contribution in [0.25, 0.3) is 11.0 Å². The maximum atomic E-state index is 12.7. The molecule has 2 aromatic heterocycles. The SMILES string of the molecule is CCC(OC(=O)c1ccc2nc[nH]c2c1)C(=O)Nc1ccc(S(=O)(=O)Nc2nccc(C)n2)cc1. The molecule has 2 heterocycles. The zero-order chi connectivity index (χ0) is 25.0. The number of anilines is 2. The molecule has 0 saturated carbocycles. The van der Waals surface area contributed by atoms with Gasteiger partial charge in [-0.1, -0.05) is 6.92 Å². The van der Waals surface area contributed by atoms with E-state index < -0.39 is 28.0 Å². The summed E-state index contributed by atoms with van der Waals surface area (Å²) in [6.45, 7) is 3.43. The molecule has 4 aromatic rings. The third-order valence-electron chi connectivity index (χ3n) is 5.02. The Kier molecular flexibility index (Phi) is 6.73. The first-order valence-corrected chi connectivity index (χ1v) is 12.1. The van der Waals surface area contributed by atoms with Crippen LogP contribution in [0.3, 0.4) is 0 Å². The number of hydrogen-bond acceptors (Lipinski definition) is 8. The van der Waals surface area contributed by atoms with E-state index in [9.17, 15) is 18.0 Å². The lowest BCUT2D eigenvalue weighted by atomic mass is 10.2. The van der Waals surface area contributed by atoms with Crippen LogP contribution in [-0.2, 0) is 19.6 Å². The number of esters is 1. The van der Waals surface area contributed by atoms with E-state index in [2.05, 4.69) is 30.0 Å². The van der Waals surface area contributed by atoms with Gasteiger partial charge in [0, 0.05) is 17.6 Å². The van der Waals surface area contributed by atoms with Gasteiger partial charge < -0.3 is 15.0 Å². The minimum absolute atomic E-state index is 0.0340. The molecule has 180 valence electrons. The highest BCUT2D eigenvalue weighted by Crippen LogP contribution is 2.18. The maximum Gasteiger partial charge on any atom is 0.338 e. The van der Waals surface area contributed by atoms with Crippen LogP contribution in [0.1, 0.15) is 29.4 Å². The number of aryl methyl sites for hydroxylation is 1. The van der Waals surface area contributed by atoms with E-state index in [1.54, 1.807) is 38.1 Å². The van der Waals surface area contributed by atoms with Gasteiger partial charge in [0.05, 0.1) is 27.8 Å². The number of carbonyl (C=O) groups is 2. The number of ether oxygens (including phenoxy) is 1. The van der Waals surface area contributed by atoms with E-state index in [-0.39, 0.29) is 22.8 Å². The molecule has 1 unspecified atom stereocenters. The summed E-state index contributed by atoms with van der Waals surface area (Å²) >= 11 is 0. The molecule has 0 spiro atoms. The van der Waals surface area contributed by atoms with Gasteiger partial charge in [-0.25, -0.2) is 32.9 Å². The molecule has 0 aliphatic rings. The molecular weight excluding hydrogens is 472 g/mol. The number of fused-ring (bicyclic) bond motifs is 1. The lowest BCUT2D eigenvalue weighted by Gasteiger charge is -2.16. The lowest BCUT2D eigenvalue weighted by Crippen LogP contribution is -2.32. The van der Waals surface area contributed by atoms with Gasteiger partial charge in [-0.2, -0.15) is 0 Å². The van der Waals surface area contributed by atoms with Crippen molar-refractivity contribution < 1.29 is 22.7 Å². The van der Waals surface area contributed by atoms with E-state index in [4.69, 9.17) is 4.74 Å². The minimum Gasteiger partial charge on any atom is -0.449 e. The second-order valence-corrected chi connectivity index (χ2v) is 9.26. The van der Waals surface area contributed by atoms with Gasteiger partial charge in [0.1, 0.15) is 0 Å². The van der Waals surface area contributed by atoms with Crippen molar-refractivity contribution in [3.05, 3.63) is 72.3 Å². The predicted octanol–water partition coefficient (Wildman–Crippen LogP) is 3.04. The molecule has 0 radical (unpaired) electrons. The van der Waals surface area contributed by atoms with Crippen LogP contribution in [0.2, 0.25) is 0 Å². The molecule has 1 amide bonds. The molecule has 11 nitrogen and oxygen atoms in total. The topological polar surface area (TPSA) is 156 Å². The maximum absolute atomic E-state index is 12.7. The first-order chi connectivity index (χ1) is 16.7. The van der Waals surface area contributed by atoms with Crippen LogP contribution in [0.15, 0.2) is 66.0 Å². The molecule has 0 aliphatic carbocycles. The number of hydrogen-bond donors (Lipinski definition) is 3. The zero-order valence-corrected chi connectivity index (χ0v) is 19.7. The quantitative estimate of drug-likeness (QED) is 0.316. The number of benzene rings is 2. The molecule has 3 N–H and O–H groups in total. The summed E-state index contributed by atoms with van der Waals surface area (Å²) in [6, 6.07) is 12.0. The summed E-state index contributed by atoms with van der Waals surface area (Å²) in [7, 11) is -3.92. The van der Waals surface area contributed by atoms with Crippen molar-refractivity contribution in [2.24, 2.45) is 0 Å². The largest absolute Gasteiger partial charge is 0.449 e. The van der Waals surface area contributed by atoms with Gasteiger partial charge in [-0.05, 0) is 61.9 Å². The molecule has 1 atom stereocenters. The highest BCUT2D eigenvalue weighted by molar-refractivity contribution is 7.92. The zero-order valence-electron chi connectivity index (χ0n) is 18.8. The van der Waals surface area contributed by atoms with Crippen molar-refractivity contribution in [1.82, 2.24) is 19.9 Å². The number of nitrogens with zero attached hydrogens (tertiary/aromatic N) is 3. The monoisotopic (exact) mass is 494 g/mol. The van der Waals surface area contributed by atoms with Crippen LogP contribution < -0.4 is 10.0 Å². The van der Waals surface area contributed by atoms with Gasteiger partial charge in [0.25, 0.3) is 15.9 Å². The number of sulfonamides is 1. The standard InChI is InChI=1S/C23H22N6O5S/c1-3-20(34-22(31)15-4-9-18-19(12-15)26-13-25-18)21(30)28-16-5-7-17(8-6-16)35(32,33)29-23-24-11-10-14(2)27-23/h4-13,20H,3H2,1-2H3,(H,25,26)(H,28,30)(H,24,27,29). The van der Waals surface area contributed by atoms with Crippen molar-refractivity contribution >= 4 is 44.6 Å². The predicted molar refractivity (Wildman–Crippen MR) is 128 cm³/mol. The number of H-pyrrole nitrogens is 1. The normalized spacial score (nSPS) is 12.2. The van der Waals surface area contributed by atoms with Gasteiger partial charge in [0.15, 0.2) is 6.10 Å². The molecule has 35 heavy (non-hydrogen) atoms. The van der Waals surface area contributed by atoms with Gasteiger partial charge in [-0.3, -0.25) is 4.79 Å². The van der Waals surface area contributed by atoms with Crippen molar-refractivity contribution in [3.63, 3.8) is 0 Å². The lowest BCUT2D eigenvalue weighted by molar-refractivity contribution is -0.124. The Hall–Kier alpha value is -4.32. The Morgan fingerprint density at radius 2 is 1.86 bits per heavy atom. The summed E-state index contributed by atoms with van der Waals surface area (Å²) in [5.41, 5.74) is 2.62. The second-order valence-electron chi connectivity index (χ2n) is 7.58. The van der Waals surface area contributed by atoms with E-state index in [1.807, 2.05) is 0 Å². The van der Waals surface area contributed by atoms with E-state index in [1.165, 1.54) is 36.8 Å². The number of imidazole rings is 1. The average Bonchev–Trinajstić information content (AvgIpc) is 3.30. The number of rotatable bonds is 8. The van der Waals surface area contributed by atoms with Gasteiger partial charge in [0.2, 0.25) is 5.95 Å². The summed E-state index contributed by atoms with van der Waals surface area (Å²) in [4.78, 5) is 40.1. The Labute approximate surface area is 201 Å². The van der Waals surface area contributed by atoms with E-state index >= 15 is 0 Å². The highest BCUT2D eigenvalue weighted by atomic mass is 32.2. The van der Waals surface area contributed by atoms with Crippen molar-refractivity contribution in [2.75, 3.05) is 10.0 Å². The van der Waals surface area contributed by atoms with Gasteiger partial charge in [-0.15, -0.1) is 0 Å². The summed E-state index contributed by atoms with van der Waals surface area (Å²) in [5.74, 6) is -1.22. The molecule has 0 saturated heterocycles. The van der Waals surface area contributed by atoms with Crippen LogP contribution in [-0.4, -0.2) is 46.3 Å². The van der Waals surface area contributed by atoms with Crippen molar-refractivity contribution in [3.8, 4) is 0 Å². The summed E-state index contributed by atoms with van der Waals surface area (Å²) in [6.07, 6.45) is 2.18. The fourth-order valence-electron chi connectivity index (χ4n) is 3.20. The van der Waals surface area contributed by atoms with E-state index in [0.717, 1.165) is 0 Å². The van der Waals surface area contributed by atoms with Crippen LogP contribution in [0.5, 0.6) is 0 Å². The first-order valence-electron chi connectivity index (χ1n) is 10.6. The number of nitrogens with one attached hydrogen (secondary N) is 3. The van der Waals surface area contributed by atoms with Gasteiger partial charge >= 0.3 is 5.97 Å². The smallest absolute Gasteiger partial charge is 0.338 e. The second kappa shape index (κ2) is 9.89. The molecule has 0 aliphatic heterocycles. The summed E-state index contributed by atoms with van der Waals surface area (Å²) < 4.78 is 32.9. The minimum atomic E-state index is -3.92. The van der Waals surface area contributed by atoms with E-state index in [0.29, 0.717) is 22.4 Å².